The molecule has 6 nitrogen and oxygen atoms in total. The molecule has 8 heteroatoms. The molecule has 3 aromatic rings. The molecule has 190 valence electrons. The van der Waals surface area contributed by atoms with Gasteiger partial charge in [0.2, 0.25) is 5.91 Å². The van der Waals surface area contributed by atoms with Crippen molar-refractivity contribution >= 4 is 23.2 Å². The van der Waals surface area contributed by atoms with Crippen LogP contribution in [-0.4, -0.2) is 54.5 Å². The van der Waals surface area contributed by atoms with Gasteiger partial charge in [0, 0.05) is 29.1 Å². The summed E-state index contributed by atoms with van der Waals surface area (Å²) in [4.78, 5) is 31.6. The molecular formula is C28H31FN2O4S. The summed E-state index contributed by atoms with van der Waals surface area (Å²) < 4.78 is 24.8. The zero-order valence-corrected chi connectivity index (χ0v) is 21.6. The second-order valence-corrected chi connectivity index (χ2v) is 9.84. The van der Waals surface area contributed by atoms with Gasteiger partial charge >= 0.3 is 0 Å². The fraction of sp³-hybridized carbons (Fsp3) is 0.357. The van der Waals surface area contributed by atoms with Crippen molar-refractivity contribution in [1.29, 1.82) is 0 Å². The number of carbonyl (C=O) groups excluding carboxylic acids is 2. The standard InChI is InChI=1S/C28H31FN2O4S/c1-4-19(2)31(28(33)20-8-10-21(29)11-9-20)17-27(32)30-14-12-26-24(13-15-36-26)25(30)18-35-23-7-5-6-22(16-23)34-3/h5-11,13,15-16,19,25H,4,12,14,17-18H2,1-3H3/t19-,25-/m1/s1. The third-order valence-corrected chi connectivity index (χ3v) is 7.64. The molecule has 2 heterocycles. The molecule has 0 radical (unpaired) electrons. The first-order chi connectivity index (χ1) is 17.4. The van der Waals surface area contributed by atoms with Gasteiger partial charge in [-0.2, -0.15) is 0 Å². The molecular weight excluding hydrogens is 479 g/mol. The second kappa shape index (κ2) is 11.6. The van der Waals surface area contributed by atoms with Gasteiger partial charge in [0.15, 0.2) is 0 Å². The number of halogens is 1. The maximum atomic E-state index is 13.7. The summed E-state index contributed by atoms with van der Waals surface area (Å²) in [6.07, 6.45) is 1.46. The van der Waals surface area contributed by atoms with E-state index in [2.05, 4.69) is 6.07 Å². The summed E-state index contributed by atoms with van der Waals surface area (Å²) in [7, 11) is 1.61. The van der Waals surface area contributed by atoms with Crippen molar-refractivity contribution < 1.29 is 23.5 Å². The van der Waals surface area contributed by atoms with Crippen molar-refractivity contribution in [2.75, 3.05) is 26.8 Å². The van der Waals surface area contributed by atoms with Gasteiger partial charge in [-0.15, -0.1) is 11.3 Å². The number of fused-ring (bicyclic) bond motifs is 1. The number of amides is 2. The van der Waals surface area contributed by atoms with Crippen LogP contribution in [0.1, 0.15) is 47.1 Å². The highest BCUT2D eigenvalue weighted by Gasteiger charge is 2.34. The van der Waals surface area contributed by atoms with Gasteiger partial charge < -0.3 is 19.3 Å². The van der Waals surface area contributed by atoms with Crippen LogP contribution in [0, 0.1) is 5.82 Å². The summed E-state index contributed by atoms with van der Waals surface area (Å²) in [6.45, 7) is 4.68. The SMILES string of the molecule is CC[C@@H](C)N(CC(=O)N1CCc2sccc2[C@H]1COc1cccc(OC)c1)C(=O)c1ccc(F)cc1. The minimum Gasteiger partial charge on any atom is -0.497 e. The van der Waals surface area contributed by atoms with Crippen molar-refractivity contribution in [3.63, 3.8) is 0 Å². The van der Waals surface area contributed by atoms with Crippen LogP contribution in [0.2, 0.25) is 0 Å². The molecule has 36 heavy (non-hydrogen) atoms. The Morgan fingerprint density at radius 1 is 1.17 bits per heavy atom. The Balaban J connectivity index is 1.54. The fourth-order valence-electron chi connectivity index (χ4n) is 4.38. The molecule has 0 unspecified atom stereocenters. The van der Waals surface area contributed by atoms with Crippen LogP contribution in [0.5, 0.6) is 11.5 Å². The molecule has 2 aromatic carbocycles. The highest BCUT2D eigenvalue weighted by molar-refractivity contribution is 7.10. The number of nitrogens with zero attached hydrogens (tertiary/aromatic N) is 2. The van der Waals surface area contributed by atoms with E-state index in [0.717, 1.165) is 12.0 Å². The Kier molecular flexibility index (Phi) is 8.25. The quantitative estimate of drug-likeness (QED) is 0.390. The number of rotatable bonds is 9. The van der Waals surface area contributed by atoms with E-state index in [1.807, 2.05) is 48.4 Å². The molecule has 0 N–H and O–H groups in total. The lowest BCUT2D eigenvalue weighted by Gasteiger charge is -2.38. The van der Waals surface area contributed by atoms with E-state index in [0.29, 0.717) is 30.0 Å². The van der Waals surface area contributed by atoms with E-state index < -0.39 is 5.82 Å². The normalized spacial score (nSPS) is 15.7. The number of benzene rings is 2. The Morgan fingerprint density at radius 3 is 2.64 bits per heavy atom. The van der Waals surface area contributed by atoms with Crippen LogP contribution in [0.15, 0.2) is 60.0 Å². The molecule has 0 fully saturated rings. The van der Waals surface area contributed by atoms with Gasteiger partial charge in [0.05, 0.1) is 13.2 Å². The molecule has 1 aliphatic heterocycles. The first-order valence-electron chi connectivity index (χ1n) is 12.1. The second-order valence-electron chi connectivity index (χ2n) is 8.84. The Hall–Kier alpha value is -3.39. The van der Waals surface area contributed by atoms with Crippen LogP contribution >= 0.6 is 11.3 Å². The van der Waals surface area contributed by atoms with Crippen molar-refractivity contribution in [3.05, 3.63) is 81.8 Å². The van der Waals surface area contributed by atoms with E-state index in [1.165, 1.54) is 29.1 Å². The Bertz CT molecular complexity index is 1200. The number of carbonyl (C=O) groups is 2. The van der Waals surface area contributed by atoms with E-state index in [-0.39, 0.29) is 37.0 Å². The van der Waals surface area contributed by atoms with Crippen LogP contribution in [-0.2, 0) is 11.2 Å². The molecule has 0 saturated heterocycles. The van der Waals surface area contributed by atoms with Crippen molar-refractivity contribution in [2.45, 2.75) is 38.8 Å². The minimum atomic E-state index is -0.406. The molecule has 0 spiro atoms. The maximum absolute atomic E-state index is 13.7. The minimum absolute atomic E-state index is 0.0552. The van der Waals surface area contributed by atoms with Gasteiger partial charge in [-0.1, -0.05) is 13.0 Å². The average molecular weight is 511 g/mol. The molecule has 0 bridgehead atoms. The molecule has 0 aliphatic carbocycles. The van der Waals surface area contributed by atoms with E-state index >= 15 is 0 Å². The summed E-state index contributed by atoms with van der Waals surface area (Å²) in [5.74, 6) is 0.536. The average Bonchev–Trinajstić information content (AvgIpc) is 3.39. The van der Waals surface area contributed by atoms with Crippen LogP contribution in [0.3, 0.4) is 0 Å². The first kappa shape index (κ1) is 25.7. The van der Waals surface area contributed by atoms with Gasteiger partial charge in [-0.3, -0.25) is 9.59 Å². The monoisotopic (exact) mass is 510 g/mol. The molecule has 2 amide bonds. The van der Waals surface area contributed by atoms with Gasteiger partial charge in [0.1, 0.15) is 30.5 Å². The van der Waals surface area contributed by atoms with Crippen LogP contribution in [0.4, 0.5) is 4.39 Å². The lowest BCUT2D eigenvalue weighted by atomic mass is 10.00. The van der Waals surface area contributed by atoms with Crippen LogP contribution < -0.4 is 9.47 Å². The zero-order valence-electron chi connectivity index (χ0n) is 20.8. The number of thiophene rings is 1. The number of hydrogen-bond acceptors (Lipinski definition) is 5. The lowest BCUT2D eigenvalue weighted by molar-refractivity contribution is -0.136. The first-order valence-corrected chi connectivity index (χ1v) is 13.0. The Labute approximate surface area is 215 Å². The fourth-order valence-corrected chi connectivity index (χ4v) is 5.31. The third-order valence-electron chi connectivity index (χ3n) is 6.64. The number of ether oxygens (including phenoxy) is 2. The summed E-state index contributed by atoms with van der Waals surface area (Å²) >= 11 is 1.69. The summed E-state index contributed by atoms with van der Waals surface area (Å²) in [5, 5.41) is 2.04. The van der Waals surface area contributed by atoms with Gasteiger partial charge in [-0.05, 0) is 73.2 Å². The molecule has 1 aliphatic rings. The Morgan fingerprint density at radius 2 is 1.92 bits per heavy atom. The van der Waals surface area contributed by atoms with Gasteiger partial charge in [0.25, 0.3) is 5.91 Å². The number of methoxy groups -OCH3 is 1. The summed E-state index contributed by atoms with van der Waals surface area (Å²) in [6, 6.07) is 14.5. The lowest BCUT2D eigenvalue weighted by Crippen LogP contribution is -2.49. The van der Waals surface area contributed by atoms with Crippen molar-refractivity contribution in [1.82, 2.24) is 9.80 Å². The molecule has 4 rings (SSSR count). The zero-order chi connectivity index (χ0) is 25.7. The van der Waals surface area contributed by atoms with E-state index in [4.69, 9.17) is 9.47 Å². The highest BCUT2D eigenvalue weighted by Crippen LogP contribution is 2.34. The predicted octanol–water partition coefficient (Wildman–Crippen LogP) is 5.34. The van der Waals surface area contributed by atoms with Crippen LogP contribution in [0.25, 0.3) is 0 Å². The smallest absolute Gasteiger partial charge is 0.254 e. The molecule has 2 atom stereocenters. The van der Waals surface area contributed by atoms with Crippen molar-refractivity contribution in [2.24, 2.45) is 0 Å². The van der Waals surface area contributed by atoms with E-state index in [1.54, 1.807) is 23.3 Å². The van der Waals surface area contributed by atoms with Crippen molar-refractivity contribution in [3.8, 4) is 11.5 Å². The van der Waals surface area contributed by atoms with E-state index in [9.17, 15) is 14.0 Å². The highest BCUT2D eigenvalue weighted by atomic mass is 32.1. The van der Waals surface area contributed by atoms with Gasteiger partial charge in [-0.25, -0.2) is 4.39 Å². The predicted molar refractivity (Wildman–Crippen MR) is 138 cm³/mol. The third kappa shape index (κ3) is 5.70. The molecule has 0 saturated carbocycles. The number of hydrogen-bond donors (Lipinski definition) is 0. The summed E-state index contributed by atoms with van der Waals surface area (Å²) in [5.41, 5.74) is 1.45. The topological polar surface area (TPSA) is 59.1 Å². The maximum Gasteiger partial charge on any atom is 0.254 e. The molecule has 1 aromatic heterocycles. The largest absolute Gasteiger partial charge is 0.497 e.